The van der Waals surface area contributed by atoms with Crippen molar-refractivity contribution < 1.29 is 18.8 Å². The fourth-order valence-corrected chi connectivity index (χ4v) is 2.62. The molecule has 20 heavy (non-hydrogen) atoms. The first-order valence-electron chi connectivity index (χ1n) is 6.72. The van der Waals surface area contributed by atoms with Crippen LogP contribution in [0.4, 0.5) is 0 Å². The Morgan fingerprint density at radius 1 is 1.35 bits per heavy atom. The van der Waals surface area contributed by atoms with Crippen molar-refractivity contribution in [2.75, 3.05) is 19.0 Å². The second-order valence-electron chi connectivity index (χ2n) is 5.13. The molecule has 0 aliphatic heterocycles. The lowest BCUT2D eigenvalue weighted by Crippen LogP contribution is -2.09. The molecule has 1 aromatic carbocycles. The summed E-state index contributed by atoms with van der Waals surface area (Å²) < 4.78 is 17.5. The molecule has 5 heteroatoms. The summed E-state index contributed by atoms with van der Waals surface area (Å²) in [7, 11) is -1.22. The van der Waals surface area contributed by atoms with Crippen LogP contribution in [-0.2, 0) is 15.5 Å². The van der Waals surface area contributed by atoms with Crippen LogP contribution in [0.3, 0.4) is 0 Å². The lowest BCUT2D eigenvalue weighted by molar-refractivity contribution is 0.0696. The molecule has 1 rings (SSSR count). The Bertz CT molecular complexity index is 483. The van der Waals surface area contributed by atoms with Gasteiger partial charge in [0.2, 0.25) is 0 Å². The Morgan fingerprint density at radius 3 is 2.65 bits per heavy atom. The van der Waals surface area contributed by atoms with E-state index >= 15 is 0 Å². The van der Waals surface area contributed by atoms with Gasteiger partial charge in [-0.15, -0.1) is 0 Å². The van der Waals surface area contributed by atoms with E-state index in [1.807, 2.05) is 0 Å². The molecule has 0 aliphatic rings. The first-order chi connectivity index (χ1) is 9.41. The molecule has 0 spiro atoms. The molecule has 1 atom stereocenters. The third kappa shape index (κ3) is 5.43. The van der Waals surface area contributed by atoms with Gasteiger partial charge in [0.25, 0.3) is 0 Å². The van der Waals surface area contributed by atoms with Crippen LogP contribution in [0.25, 0.3) is 0 Å². The van der Waals surface area contributed by atoms with Gasteiger partial charge in [-0.1, -0.05) is 19.9 Å². The molecule has 0 fully saturated rings. The molecule has 0 aliphatic carbocycles. The molecule has 1 unspecified atom stereocenters. The molecular formula is C15H22O4S. The van der Waals surface area contributed by atoms with Gasteiger partial charge >= 0.3 is 5.97 Å². The van der Waals surface area contributed by atoms with Gasteiger partial charge in [-0.25, -0.2) is 4.79 Å². The highest BCUT2D eigenvalue weighted by atomic mass is 32.2. The quantitative estimate of drug-likeness (QED) is 0.750. The maximum absolute atomic E-state index is 12.1. The van der Waals surface area contributed by atoms with Gasteiger partial charge in [0.1, 0.15) is 0 Å². The standard InChI is InChI=1S/C15H22O4S/c1-11(2)6-7-19-8-9-20(18)13-5-4-12(3)14(10-13)15(16)17/h4-5,10-11H,6-9H2,1-3H3,(H,16,17). The number of hydrogen-bond donors (Lipinski definition) is 1. The van der Waals surface area contributed by atoms with E-state index in [1.54, 1.807) is 19.1 Å². The molecule has 0 bridgehead atoms. The second kappa shape index (κ2) is 8.17. The molecule has 0 heterocycles. The molecule has 112 valence electrons. The van der Waals surface area contributed by atoms with Crippen LogP contribution in [0.2, 0.25) is 0 Å². The zero-order chi connectivity index (χ0) is 15.1. The first kappa shape index (κ1) is 16.9. The highest BCUT2D eigenvalue weighted by Crippen LogP contribution is 2.14. The van der Waals surface area contributed by atoms with Gasteiger partial charge in [-0.05, 0) is 37.0 Å². The molecule has 4 nitrogen and oxygen atoms in total. The van der Waals surface area contributed by atoms with E-state index in [1.165, 1.54) is 6.07 Å². The van der Waals surface area contributed by atoms with Crippen LogP contribution < -0.4 is 0 Å². The Kier molecular flexibility index (Phi) is 6.88. The molecule has 1 N–H and O–H groups in total. The Morgan fingerprint density at radius 2 is 2.05 bits per heavy atom. The van der Waals surface area contributed by atoms with E-state index in [4.69, 9.17) is 9.84 Å². The maximum atomic E-state index is 12.1. The smallest absolute Gasteiger partial charge is 0.335 e. The summed E-state index contributed by atoms with van der Waals surface area (Å²) in [6.07, 6.45) is 0.986. The van der Waals surface area contributed by atoms with Gasteiger partial charge < -0.3 is 9.84 Å². The highest BCUT2D eigenvalue weighted by molar-refractivity contribution is 7.85. The van der Waals surface area contributed by atoms with Gasteiger partial charge in [0, 0.05) is 11.5 Å². The molecule has 0 radical (unpaired) electrons. The highest BCUT2D eigenvalue weighted by Gasteiger charge is 2.11. The van der Waals surface area contributed by atoms with Crippen molar-refractivity contribution in [2.24, 2.45) is 5.92 Å². The van der Waals surface area contributed by atoms with Crippen molar-refractivity contribution in [1.82, 2.24) is 0 Å². The zero-order valence-corrected chi connectivity index (χ0v) is 13.0. The van der Waals surface area contributed by atoms with Crippen molar-refractivity contribution in [2.45, 2.75) is 32.1 Å². The Labute approximate surface area is 122 Å². The summed E-state index contributed by atoms with van der Waals surface area (Å²) in [5, 5.41) is 9.05. The van der Waals surface area contributed by atoms with Crippen LogP contribution in [0, 0.1) is 12.8 Å². The molecule has 0 aromatic heterocycles. The number of carboxylic acid groups (broad SMARTS) is 1. The SMILES string of the molecule is Cc1ccc(S(=O)CCOCCC(C)C)cc1C(=O)O. The summed E-state index contributed by atoms with van der Waals surface area (Å²) >= 11 is 0. The lowest BCUT2D eigenvalue weighted by Gasteiger charge is -2.08. The third-order valence-electron chi connectivity index (χ3n) is 2.95. The first-order valence-corrected chi connectivity index (χ1v) is 8.03. The third-order valence-corrected chi connectivity index (χ3v) is 4.27. The van der Waals surface area contributed by atoms with E-state index in [0.717, 1.165) is 6.42 Å². The largest absolute Gasteiger partial charge is 0.478 e. The zero-order valence-electron chi connectivity index (χ0n) is 12.2. The molecule has 0 saturated carbocycles. The summed E-state index contributed by atoms with van der Waals surface area (Å²) in [5.41, 5.74) is 0.878. The number of hydrogen-bond acceptors (Lipinski definition) is 3. The average molecular weight is 298 g/mol. The van der Waals surface area contributed by atoms with E-state index in [-0.39, 0.29) is 5.56 Å². The topological polar surface area (TPSA) is 63.6 Å². The monoisotopic (exact) mass is 298 g/mol. The van der Waals surface area contributed by atoms with Gasteiger partial charge in [-0.3, -0.25) is 4.21 Å². The summed E-state index contributed by atoms with van der Waals surface area (Å²) in [5.74, 6) is -0.00881. The van der Waals surface area contributed by atoms with Crippen molar-refractivity contribution in [1.29, 1.82) is 0 Å². The van der Waals surface area contributed by atoms with Crippen LogP contribution in [-0.4, -0.2) is 34.3 Å². The average Bonchev–Trinajstić information content (AvgIpc) is 2.37. The minimum absolute atomic E-state index is 0.205. The maximum Gasteiger partial charge on any atom is 0.335 e. The molecule has 1 aromatic rings. The van der Waals surface area contributed by atoms with Gasteiger partial charge in [0.15, 0.2) is 0 Å². The van der Waals surface area contributed by atoms with Gasteiger partial charge in [-0.2, -0.15) is 0 Å². The number of ether oxygens (including phenoxy) is 1. The summed E-state index contributed by atoms with van der Waals surface area (Å²) in [4.78, 5) is 11.6. The van der Waals surface area contributed by atoms with E-state index in [0.29, 0.717) is 35.3 Å². The number of aryl methyl sites for hydroxylation is 1. The number of benzene rings is 1. The van der Waals surface area contributed by atoms with Crippen LogP contribution >= 0.6 is 0 Å². The van der Waals surface area contributed by atoms with E-state index < -0.39 is 16.8 Å². The van der Waals surface area contributed by atoms with E-state index in [9.17, 15) is 9.00 Å². The van der Waals surface area contributed by atoms with Crippen LogP contribution in [0.5, 0.6) is 0 Å². The minimum atomic E-state index is -1.22. The number of rotatable bonds is 8. The molecular weight excluding hydrogens is 276 g/mol. The van der Waals surface area contributed by atoms with Gasteiger partial charge in [0.05, 0.1) is 28.7 Å². The summed E-state index contributed by atoms with van der Waals surface area (Å²) in [6, 6.07) is 4.89. The minimum Gasteiger partial charge on any atom is -0.478 e. The molecule has 0 saturated heterocycles. The predicted octanol–water partition coefficient (Wildman–Crippen LogP) is 2.86. The number of carbonyl (C=O) groups is 1. The van der Waals surface area contributed by atoms with Crippen molar-refractivity contribution in [3.05, 3.63) is 29.3 Å². The lowest BCUT2D eigenvalue weighted by atomic mass is 10.1. The van der Waals surface area contributed by atoms with Crippen LogP contribution in [0.1, 0.15) is 36.2 Å². The van der Waals surface area contributed by atoms with Crippen LogP contribution in [0.15, 0.2) is 23.1 Å². The number of carboxylic acids is 1. The van der Waals surface area contributed by atoms with Crippen molar-refractivity contribution >= 4 is 16.8 Å². The fraction of sp³-hybridized carbons (Fsp3) is 0.533. The predicted molar refractivity (Wildman–Crippen MR) is 79.7 cm³/mol. The van der Waals surface area contributed by atoms with E-state index in [2.05, 4.69) is 13.8 Å². The Balaban J connectivity index is 2.51. The number of aromatic carboxylic acids is 1. The molecule has 0 amide bonds. The second-order valence-corrected chi connectivity index (χ2v) is 6.70. The fourth-order valence-electron chi connectivity index (χ4n) is 1.65. The van der Waals surface area contributed by atoms with Crippen molar-refractivity contribution in [3.63, 3.8) is 0 Å². The normalized spacial score (nSPS) is 12.6. The van der Waals surface area contributed by atoms with Crippen molar-refractivity contribution in [3.8, 4) is 0 Å². The summed E-state index contributed by atoms with van der Waals surface area (Å²) in [6.45, 7) is 7.08. The Hall–Kier alpha value is -1.20.